The van der Waals surface area contributed by atoms with Crippen molar-refractivity contribution >= 4 is 15.9 Å². The van der Waals surface area contributed by atoms with Crippen LogP contribution in [0.5, 0.6) is 0 Å². The van der Waals surface area contributed by atoms with E-state index in [4.69, 9.17) is 0 Å². The van der Waals surface area contributed by atoms with E-state index in [0.29, 0.717) is 0 Å². The Bertz CT molecular complexity index is 413. The number of rotatable bonds is 4. The van der Waals surface area contributed by atoms with Crippen molar-refractivity contribution < 1.29 is 0 Å². The summed E-state index contributed by atoms with van der Waals surface area (Å²) in [6.07, 6.45) is 7.19. The third-order valence-corrected chi connectivity index (χ3v) is 2.37. The van der Waals surface area contributed by atoms with Crippen LogP contribution in [0, 0.1) is 0 Å². The molecule has 0 amide bonds. The molecule has 0 bridgehead atoms. The normalized spacial score (nSPS) is 10.5. The van der Waals surface area contributed by atoms with Gasteiger partial charge in [-0.1, -0.05) is 0 Å². The summed E-state index contributed by atoms with van der Waals surface area (Å²) in [6.45, 7) is 1.52. The van der Waals surface area contributed by atoms with Crippen LogP contribution < -0.4 is 5.32 Å². The van der Waals surface area contributed by atoms with Crippen LogP contribution in [0.3, 0.4) is 0 Å². The molecule has 2 aromatic rings. The number of pyridine rings is 1. The molecule has 4 nitrogen and oxygen atoms in total. The summed E-state index contributed by atoms with van der Waals surface area (Å²) in [6, 6.07) is 2.04. The predicted molar refractivity (Wildman–Crippen MR) is 61.1 cm³/mol. The Kier molecular flexibility index (Phi) is 3.47. The van der Waals surface area contributed by atoms with E-state index in [-0.39, 0.29) is 0 Å². The monoisotopic (exact) mass is 266 g/mol. The van der Waals surface area contributed by atoms with E-state index in [1.807, 2.05) is 18.5 Å². The minimum Gasteiger partial charge on any atom is -0.348 e. The fourth-order valence-corrected chi connectivity index (χ4v) is 1.68. The first-order valence-corrected chi connectivity index (χ1v) is 5.42. The molecule has 0 fully saturated rings. The van der Waals surface area contributed by atoms with Crippen molar-refractivity contribution in [3.8, 4) is 0 Å². The van der Waals surface area contributed by atoms with E-state index in [2.05, 4.69) is 36.2 Å². The number of halogens is 1. The molecule has 2 N–H and O–H groups in total. The van der Waals surface area contributed by atoms with Crippen LogP contribution in [-0.2, 0) is 13.1 Å². The van der Waals surface area contributed by atoms with E-state index in [0.717, 1.165) is 29.0 Å². The molecule has 0 saturated heterocycles. The number of aromatic nitrogens is 3. The smallest absolute Gasteiger partial charge is 0.120 e. The van der Waals surface area contributed by atoms with Crippen molar-refractivity contribution in [3.05, 3.63) is 46.7 Å². The summed E-state index contributed by atoms with van der Waals surface area (Å²) in [7, 11) is 0. The van der Waals surface area contributed by atoms with Crippen molar-refractivity contribution in [3.63, 3.8) is 0 Å². The maximum absolute atomic E-state index is 4.12. The van der Waals surface area contributed by atoms with Gasteiger partial charge >= 0.3 is 0 Å². The van der Waals surface area contributed by atoms with Gasteiger partial charge in [-0.2, -0.15) is 0 Å². The molecule has 0 saturated carbocycles. The first-order chi connectivity index (χ1) is 7.34. The Morgan fingerprint density at radius 3 is 3.00 bits per heavy atom. The van der Waals surface area contributed by atoms with Gasteiger partial charge in [0.15, 0.2) is 0 Å². The average Bonchev–Trinajstić information content (AvgIpc) is 2.71. The SMILES string of the molecule is Brc1cncc(CNCc2ncc[nH]2)c1. The zero-order valence-corrected chi connectivity index (χ0v) is 9.66. The van der Waals surface area contributed by atoms with Gasteiger partial charge in [-0.05, 0) is 27.6 Å². The third-order valence-electron chi connectivity index (χ3n) is 1.94. The quantitative estimate of drug-likeness (QED) is 0.889. The Balaban J connectivity index is 1.83. The van der Waals surface area contributed by atoms with Crippen molar-refractivity contribution in [2.24, 2.45) is 0 Å². The van der Waals surface area contributed by atoms with Gasteiger partial charge in [-0.3, -0.25) is 4.98 Å². The first-order valence-electron chi connectivity index (χ1n) is 4.63. The summed E-state index contributed by atoms with van der Waals surface area (Å²) in [5.41, 5.74) is 1.15. The summed E-state index contributed by atoms with van der Waals surface area (Å²) in [5.74, 6) is 0.943. The van der Waals surface area contributed by atoms with Crippen molar-refractivity contribution in [1.82, 2.24) is 20.3 Å². The molecule has 0 aliphatic carbocycles. The molecule has 2 heterocycles. The lowest BCUT2D eigenvalue weighted by Crippen LogP contribution is -2.13. The molecule has 15 heavy (non-hydrogen) atoms. The van der Waals surface area contributed by atoms with Crippen LogP contribution in [0.15, 0.2) is 35.3 Å². The molecular formula is C10H11BrN4. The molecule has 0 aliphatic rings. The van der Waals surface area contributed by atoms with Gasteiger partial charge in [-0.25, -0.2) is 4.98 Å². The lowest BCUT2D eigenvalue weighted by molar-refractivity contribution is 0.667. The molecular weight excluding hydrogens is 256 g/mol. The van der Waals surface area contributed by atoms with Crippen LogP contribution in [0.2, 0.25) is 0 Å². The van der Waals surface area contributed by atoms with E-state index in [1.165, 1.54) is 0 Å². The van der Waals surface area contributed by atoms with Crippen LogP contribution >= 0.6 is 15.9 Å². The lowest BCUT2D eigenvalue weighted by Gasteiger charge is -2.02. The Labute approximate surface area is 96.3 Å². The number of nitrogens with zero attached hydrogens (tertiary/aromatic N) is 2. The van der Waals surface area contributed by atoms with Crippen LogP contribution in [0.25, 0.3) is 0 Å². The van der Waals surface area contributed by atoms with Crippen LogP contribution in [0.1, 0.15) is 11.4 Å². The molecule has 0 radical (unpaired) electrons. The van der Waals surface area contributed by atoms with Gasteiger partial charge in [-0.15, -0.1) is 0 Å². The second-order valence-corrected chi connectivity index (χ2v) is 4.07. The average molecular weight is 267 g/mol. The molecule has 5 heteroatoms. The van der Waals surface area contributed by atoms with E-state index in [1.54, 1.807) is 12.4 Å². The number of hydrogen-bond donors (Lipinski definition) is 2. The molecule has 0 aromatic carbocycles. The summed E-state index contributed by atoms with van der Waals surface area (Å²) in [4.78, 5) is 11.2. The molecule has 78 valence electrons. The maximum Gasteiger partial charge on any atom is 0.120 e. The maximum atomic E-state index is 4.12. The topological polar surface area (TPSA) is 53.6 Å². The summed E-state index contributed by atoms with van der Waals surface area (Å²) in [5, 5.41) is 3.28. The van der Waals surface area contributed by atoms with Crippen molar-refractivity contribution in [1.29, 1.82) is 0 Å². The van der Waals surface area contributed by atoms with E-state index in [9.17, 15) is 0 Å². The van der Waals surface area contributed by atoms with Gasteiger partial charge in [0.2, 0.25) is 0 Å². The predicted octanol–water partition coefficient (Wildman–Crippen LogP) is 1.86. The Morgan fingerprint density at radius 2 is 2.27 bits per heavy atom. The largest absolute Gasteiger partial charge is 0.348 e. The van der Waals surface area contributed by atoms with Gasteiger partial charge in [0, 0.05) is 35.8 Å². The molecule has 2 rings (SSSR count). The molecule has 0 spiro atoms. The fourth-order valence-electron chi connectivity index (χ4n) is 1.27. The number of H-pyrrole nitrogens is 1. The first kappa shape index (κ1) is 10.3. The summed E-state index contributed by atoms with van der Waals surface area (Å²) >= 11 is 3.38. The Morgan fingerprint density at radius 1 is 1.33 bits per heavy atom. The van der Waals surface area contributed by atoms with Gasteiger partial charge in [0.1, 0.15) is 5.82 Å². The van der Waals surface area contributed by atoms with Gasteiger partial charge in [0.25, 0.3) is 0 Å². The minimum atomic E-state index is 0.736. The second kappa shape index (κ2) is 5.04. The highest BCUT2D eigenvalue weighted by Gasteiger charge is 1.96. The van der Waals surface area contributed by atoms with Gasteiger partial charge in [0.05, 0.1) is 6.54 Å². The van der Waals surface area contributed by atoms with E-state index >= 15 is 0 Å². The fraction of sp³-hybridized carbons (Fsp3) is 0.200. The highest BCUT2D eigenvalue weighted by molar-refractivity contribution is 9.10. The van der Waals surface area contributed by atoms with Crippen LogP contribution in [0.4, 0.5) is 0 Å². The molecule has 0 atom stereocenters. The highest BCUT2D eigenvalue weighted by atomic mass is 79.9. The van der Waals surface area contributed by atoms with Gasteiger partial charge < -0.3 is 10.3 Å². The van der Waals surface area contributed by atoms with Crippen molar-refractivity contribution in [2.75, 3.05) is 0 Å². The third kappa shape index (κ3) is 3.14. The van der Waals surface area contributed by atoms with Crippen molar-refractivity contribution in [2.45, 2.75) is 13.1 Å². The van der Waals surface area contributed by atoms with Crippen LogP contribution in [-0.4, -0.2) is 15.0 Å². The Hall–Kier alpha value is -1.20. The number of aromatic amines is 1. The molecule has 2 aromatic heterocycles. The number of hydrogen-bond acceptors (Lipinski definition) is 3. The minimum absolute atomic E-state index is 0.736. The highest BCUT2D eigenvalue weighted by Crippen LogP contribution is 2.09. The summed E-state index contributed by atoms with van der Waals surface area (Å²) < 4.78 is 1.000. The molecule has 0 aliphatic heterocycles. The zero-order valence-electron chi connectivity index (χ0n) is 8.07. The molecule has 0 unspecified atom stereocenters. The second-order valence-electron chi connectivity index (χ2n) is 3.15. The van der Waals surface area contributed by atoms with E-state index < -0.39 is 0 Å². The number of imidazole rings is 1. The number of nitrogens with one attached hydrogen (secondary N) is 2. The zero-order chi connectivity index (χ0) is 10.5. The lowest BCUT2D eigenvalue weighted by atomic mass is 10.3. The standard InChI is InChI=1S/C10H11BrN4/c11-9-3-8(4-12-6-9)5-13-7-10-14-1-2-15-10/h1-4,6,13H,5,7H2,(H,14,15).